The lowest BCUT2D eigenvalue weighted by Crippen LogP contribution is -2.16. The summed E-state index contributed by atoms with van der Waals surface area (Å²) in [6.45, 7) is 5.28. The number of carbonyl (C=O) groups excluding carboxylic acids is 1. The predicted octanol–water partition coefficient (Wildman–Crippen LogP) is 6.34. The van der Waals surface area contributed by atoms with Crippen LogP contribution in [0.15, 0.2) is 80.7 Å². The number of carbonyl (C=O) groups is 1. The normalized spacial score (nSPS) is 11.1. The summed E-state index contributed by atoms with van der Waals surface area (Å²) in [6.07, 6.45) is 1.53. The number of hydrazone groups is 1. The van der Waals surface area contributed by atoms with Crippen molar-refractivity contribution < 1.29 is 23.4 Å². The van der Waals surface area contributed by atoms with Crippen molar-refractivity contribution in [1.29, 1.82) is 0 Å². The molecule has 1 heterocycles. The van der Waals surface area contributed by atoms with Crippen molar-refractivity contribution >= 4 is 39.0 Å². The van der Waals surface area contributed by atoms with Gasteiger partial charge in [-0.1, -0.05) is 30.3 Å². The zero-order valence-electron chi connectivity index (χ0n) is 19.4. The first-order valence-electron chi connectivity index (χ1n) is 11.2. The van der Waals surface area contributed by atoms with E-state index in [1.54, 1.807) is 24.3 Å². The summed E-state index contributed by atoms with van der Waals surface area (Å²) in [7, 11) is 0. The number of amides is 1. The number of hydrogen-bond acceptors (Lipinski definition) is 6. The second-order valence-electron chi connectivity index (χ2n) is 7.47. The Hall–Kier alpha value is -3.78. The van der Waals surface area contributed by atoms with Gasteiger partial charge in [-0.05, 0) is 71.7 Å². The standard InChI is InChI=1S/C27H25BrN2O5/c1-3-32-21-10-11-23-19(12-21)13-26(35-23)27(31)30-29-16-20-14-24(33-4-2)25(15-22(20)28)34-17-18-8-6-5-7-9-18/h5-16H,3-4,17H2,1-2H3,(H,30,31)/b29-16+. The van der Waals surface area contributed by atoms with Crippen LogP contribution >= 0.6 is 15.9 Å². The summed E-state index contributed by atoms with van der Waals surface area (Å²) in [5.74, 6) is 1.61. The fourth-order valence-electron chi connectivity index (χ4n) is 3.37. The lowest BCUT2D eigenvalue weighted by Gasteiger charge is -2.14. The minimum atomic E-state index is -0.459. The van der Waals surface area contributed by atoms with Gasteiger partial charge in [0.25, 0.3) is 0 Å². The Bertz CT molecular complexity index is 1330. The van der Waals surface area contributed by atoms with Crippen LogP contribution in [0.5, 0.6) is 17.2 Å². The van der Waals surface area contributed by atoms with Crippen LogP contribution in [0.1, 0.15) is 35.5 Å². The first-order chi connectivity index (χ1) is 17.1. The Morgan fingerprint density at radius 1 is 0.971 bits per heavy atom. The summed E-state index contributed by atoms with van der Waals surface area (Å²) < 4.78 is 23.6. The smallest absolute Gasteiger partial charge is 0.307 e. The van der Waals surface area contributed by atoms with Crippen LogP contribution in [-0.4, -0.2) is 25.3 Å². The molecule has 0 radical (unpaired) electrons. The zero-order chi connectivity index (χ0) is 24.6. The van der Waals surface area contributed by atoms with Gasteiger partial charge in [-0.15, -0.1) is 0 Å². The van der Waals surface area contributed by atoms with Crippen LogP contribution in [-0.2, 0) is 6.61 Å². The van der Waals surface area contributed by atoms with Gasteiger partial charge in [-0.25, -0.2) is 5.43 Å². The van der Waals surface area contributed by atoms with Crippen molar-refractivity contribution in [2.75, 3.05) is 13.2 Å². The fraction of sp³-hybridized carbons (Fsp3) is 0.185. The number of furan rings is 1. The number of ether oxygens (including phenoxy) is 3. The quantitative estimate of drug-likeness (QED) is 0.189. The number of nitrogens with zero attached hydrogens (tertiary/aromatic N) is 1. The molecule has 0 aliphatic carbocycles. The third-order valence-corrected chi connectivity index (χ3v) is 5.68. The highest BCUT2D eigenvalue weighted by atomic mass is 79.9. The highest BCUT2D eigenvalue weighted by Gasteiger charge is 2.13. The molecule has 1 N–H and O–H groups in total. The Labute approximate surface area is 211 Å². The maximum atomic E-state index is 12.5. The number of rotatable bonds is 10. The van der Waals surface area contributed by atoms with Gasteiger partial charge in [0.2, 0.25) is 0 Å². The Kier molecular flexibility index (Phi) is 8.05. The molecule has 3 aromatic carbocycles. The lowest BCUT2D eigenvalue weighted by atomic mass is 10.2. The van der Waals surface area contributed by atoms with E-state index in [0.717, 1.165) is 21.2 Å². The largest absolute Gasteiger partial charge is 0.494 e. The summed E-state index contributed by atoms with van der Waals surface area (Å²) >= 11 is 3.54. The highest BCUT2D eigenvalue weighted by molar-refractivity contribution is 9.10. The molecule has 0 aliphatic rings. The van der Waals surface area contributed by atoms with Gasteiger partial charge in [0, 0.05) is 15.4 Å². The molecule has 4 aromatic rings. The second-order valence-corrected chi connectivity index (χ2v) is 8.32. The molecule has 0 atom stereocenters. The molecule has 35 heavy (non-hydrogen) atoms. The molecule has 7 nitrogen and oxygen atoms in total. The number of halogens is 1. The highest BCUT2D eigenvalue weighted by Crippen LogP contribution is 2.34. The maximum absolute atomic E-state index is 12.5. The van der Waals surface area contributed by atoms with Crippen molar-refractivity contribution in [3.63, 3.8) is 0 Å². The number of benzene rings is 3. The molecule has 0 fully saturated rings. The van der Waals surface area contributed by atoms with Gasteiger partial charge in [0.1, 0.15) is 17.9 Å². The van der Waals surface area contributed by atoms with Crippen LogP contribution < -0.4 is 19.6 Å². The second kappa shape index (κ2) is 11.6. The average molecular weight is 537 g/mol. The van der Waals surface area contributed by atoms with Crippen molar-refractivity contribution in [2.45, 2.75) is 20.5 Å². The van der Waals surface area contributed by atoms with E-state index in [9.17, 15) is 4.79 Å². The minimum Gasteiger partial charge on any atom is -0.494 e. The monoisotopic (exact) mass is 536 g/mol. The van der Waals surface area contributed by atoms with E-state index >= 15 is 0 Å². The summed E-state index contributed by atoms with van der Waals surface area (Å²) in [5.41, 5.74) is 4.87. The van der Waals surface area contributed by atoms with E-state index < -0.39 is 5.91 Å². The van der Waals surface area contributed by atoms with Crippen molar-refractivity contribution in [2.24, 2.45) is 5.10 Å². The number of nitrogens with one attached hydrogen (secondary N) is 1. The molecule has 8 heteroatoms. The summed E-state index contributed by atoms with van der Waals surface area (Å²) in [5, 5.41) is 4.86. The Morgan fingerprint density at radius 3 is 2.51 bits per heavy atom. The maximum Gasteiger partial charge on any atom is 0.307 e. The van der Waals surface area contributed by atoms with E-state index in [4.69, 9.17) is 18.6 Å². The van der Waals surface area contributed by atoms with E-state index in [1.807, 2.05) is 56.3 Å². The van der Waals surface area contributed by atoms with Crippen LogP contribution in [0.2, 0.25) is 0 Å². The lowest BCUT2D eigenvalue weighted by molar-refractivity contribution is 0.0929. The number of fused-ring (bicyclic) bond motifs is 1. The van der Waals surface area contributed by atoms with Gasteiger partial charge >= 0.3 is 5.91 Å². The molecular formula is C27H25BrN2O5. The van der Waals surface area contributed by atoms with Gasteiger partial charge in [0.15, 0.2) is 17.3 Å². The molecule has 0 saturated heterocycles. The van der Waals surface area contributed by atoms with Gasteiger partial charge < -0.3 is 18.6 Å². The Morgan fingerprint density at radius 2 is 1.74 bits per heavy atom. The molecule has 0 unspecified atom stereocenters. The third-order valence-electron chi connectivity index (χ3n) is 4.99. The van der Waals surface area contributed by atoms with E-state index in [1.165, 1.54) is 6.21 Å². The molecule has 180 valence electrons. The Balaban J connectivity index is 1.45. The number of hydrogen-bond donors (Lipinski definition) is 1. The van der Waals surface area contributed by atoms with Gasteiger partial charge in [0.05, 0.1) is 19.4 Å². The zero-order valence-corrected chi connectivity index (χ0v) is 21.0. The van der Waals surface area contributed by atoms with Crippen LogP contribution in [0, 0.1) is 0 Å². The molecule has 1 amide bonds. The predicted molar refractivity (Wildman–Crippen MR) is 139 cm³/mol. The van der Waals surface area contributed by atoms with Crippen molar-refractivity contribution in [3.8, 4) is 17.2 Å². The summed E-state index contributed by atoms with van der Waals surface area (Å²) in [4.78, 5) is 12.5. The molecule has 1 aromatic heterocycles. The van der Waals surface area contributed by atoms with Crippen LogP contribution in [0.25, 0.3) is 11.0 Å². The van der Waals surface area contributed by atoms with Crippen LogP contribution in [0.3, 0.4) is 0 Å². The minimum absolute atomic E-state index is 0.157. The van der Waals surface area contributed by atoms with Gasteiger partial charge in [-0.3, -0.25) is 4.79 Å². The molecule has 0 bridgehead atoms. The van der Waals surface area contributed by atoms with Crippen molar-refractivity contribution in [3.05, 3.63) is 88.1 Å². The molecular weight excluding hydrogens is 512 g/mol. The molecule has 0 saturated carbocycles. The topological polar surface area (TPSA) is 82.3 Å². The first kappa shape index (κ1) is 24.3. The van der Waals surface area contributed by atoms with Crippen LogP contribution in [0.4, 0.5) is 0 Å². The summed E-state index contributed by atoms with van der Waals surface area (Å²) in [6, 6.07) is 20.6. The van der Waals surface area contributed by atoms with Crippen molar-refractivity contribution in [1.82, 2.24) is 5.43 Å². The van der Waals surface area contributed by atoms with E-state index in [2.05, 4.69) is 26.5 Å². The van der Waals surface area contributed by atoms with Gasteiger partial charge in [-0.2, -0.15) is 5.10 Å². The first-order valence-corrected chi connectivity index (χ1v) is 12.0. The SMILES string of the molecule is CCOc1ccc2oc(C(=O)N/N=C/c3cc(OCC)c(OCc4ccccc4)cc3Br)cc2c1. The fourth-order valence-corrected chi connectivity index (χ4v) is 3.80. The average Bonchev–Trinajstić information content (AvgIpc) is 3.29. The van der Waals surface area contributed by atoms with E-state index in [-0.39, 0.29) is 5.76 Å². The molecule has 4 rings (SSSR count). The molecule has 0 spiro atoms. The van der Waals surface area contributed by atoms with E-state index in [0.29, 0.717) is 42.5 Å². The molecule has 0 aliphatic heterocycles. The third kappa shape index (κ3) is 6.22.